The topological polar surface area (TPSA) is 49.8 Å². The summed E-state index contributed by atoms with van der Waals surface area (Å²) in [7, 11) is 0. The number of carbonyl (C=O) groups excluding carboxylic acids is 1. The summed E-state index contributed by atoms with van der Waals surface area (Å²) in [5.74, 6) is 0. The van der Waals surface area contributed by atoms with Crippen LogP contribution in [0.25, 0.3) is 0 Å². The fraction of sp³-hybridized carbons (Fsp3) is 0.929. The lowest BCUT2D eigenvalue weighted by molar-refractivity contribution is -0.0107. The molecule has 1 heterocycles. The Kier molecular flexibility index (Phi) is 3.58. The minimum atomic E-state index is -0.446. The molecule has 1 aliphatic heterocycles. The van der Waals surface area contributed by atoms with E-state index in [1.54, 1.807) is 4.90 Å². The number of amides is 1. The Labute approximate surface area is 109 Å². The van der Waals surface area contributed by atoms with Gasteiger partial charge in [-0.25, -0.2) is 4.79 Å². The SMILES string of the molecule is CC(C)(C)OC(=O)N1CC[C@@]2(CCCC[C@@H]2O)C1. The van der Waals surface area contributed by atoms with Crippen LogP contribution in [0.5, 0.6) is 0 Å². The third kappa shape index (κ3) is 2.79. The van der Waals surface area contributed by atoms with Crippen molar-refractivity contribution in [3.63, 3.8) is 0 Å². The van der Waals surface area contributed by atoms with E-state index in [1.807, 2.05) is 20.8 Å². The third-order valence-electron chi connectivity index (χ3n) is 4.15. The second-order valence-electron chi connectivity index (χ2n) is 6.78. The van der Waals surface area contributed by atoms with Crippen molar-refractivity contribution in [1.82, 2.24) is 4.90 Å². The number of hydrogen-bond acceptors (Lipinski definition) is 3. The van der Waals surface area contributed by atoms with E-state index in [0.29, 0.717) is 13.1 Å². The highest BCUT2D eigenvalue weighted by Gasteiger charge is 2.46. The summed E-state index contributed by atoms with van der Waals surface area (Å²) in [6.07, 6.45) is 4.60. The lowest BCUT2D eigenvalue weighted by atomic mass is 9.71. The number of likely N-dealkylation sites (tertiary alicyclic amines) is 1. The van der Waals surface area contributed by atoms with Crippen molar-refractivity contribution in [1.29, 1.82) is 0 Å². The van der Waals surface area contributed by atoms with Gasteiger partial charge in [0, 0.05) is 18.5 Å². The van der Waals surface area contributed by atoms with Gasteiger partial charge in [0.25, 0.3) is 0 Å². The van der Waals surface area contributed by atoms with E-state index in [-0.39, 0.29) is 17.6 Å². The molecule has 0 bridgehead atoms. The van der Waals surface area contributed by atoms with Gasteiger partial charge in [0.05, 0.1) is 6.10 Å². The summed E-state index contributed by atoms with van der Waals surface area (Å²) in [5.41, 5.74) is -0.507. The van der Waals surface area contributed by atoms with Gasteiger partial charge in [-0.05, 0) is 40.0 Å². The van der Waals surface area contributed by atoms with Crippen LogP contribution in [0.1, 0.15) is 52.9 Å². The Bertz CT molecular complexity index is 323. The monoisotopic (exact) mass is 255 g/mol. The van der Waals surface area contributed by atoms with Crippen molar-refractivity contribution in [2.75, 3.05) is 13.1 Å². The van der Waals surface area contributed by atoms with Gasteiger partial charge in [0.2, 0.25) is 0 Å². The maximum atomic E-state index is 12.0. The molecule has 1 saturated heterocycles. The zero-order valence-corrected chi connectivity index (χ0v) is 11.7. The van der Waals surface area contributed by atoms with Gasteiger partial charge in [-0.1, -0.05) is 12.8 Å². The molecule has 0 aromatic heterocycles. The van der Waals surface area contributed by atoms with Crippen molar-refractivity contribution < 1.29 is 14.6 Å². The molecule has 2 fully saturated rings. The zero-order valence-electron chi connectivity index (χ0n) is 11.7. The second-order valence-corrected chi connectivity index (χ2v) is 6.78. The quantitative estimate of drug-likeness (QED) is 0.723. The molecule has 2 atom stereocenters. The van der Waals surface area contributed by atoms with Crippen LogP contribution in [0.4, 0.5) is 4.79 Å². The van der Waals surface area contributed by atoms with Crippen LogP contribution >= 0.6 is 0 Å². The molecule has 18 heavy (non-hydrogen) atoms. The molecule has 1 amide bonds. The van der Waals surface area contributed by atoms with E-state index < -0.39 is 5.60 Å². The summed E-state index contributed by atoms with van der Waals surface area (Å²) in [6, 6.07) is 0. The van der Waals surface area contributed by atoms with Crippen LogP contribution in [-0.4, -0.2) is 40.9 Å². The third-order valence-corrected chi connectivity index (χ3v) is 4.15. The highest BCUT2D eigenvalue weighted by atomic mass is 16.6. The van der Waals surface area contributed by atoms with Crippen LogP contribution in [-0.2, 0) is 4.74 Å². The molecular weight excluding hydrogens is 230 g/mol. The molecule has 2 aliphatic rings. The number of aliphatic hydroxyl groups is 1. The number of ether oxygens (including phenoxy) is 1. The first kappa shape index (κ1) is 13.7. The van der Waals surface area contributed by atoms with Crippen molar-refractivity contribution in [2.45, 2.75) is 64.6 Å². The lowest BCUT2D eigenvalue weighted by Crippen LogP contribution is -2.42. The molecule has 4 heteroatoms. The predicted molar refractivity (Wildman–Crippen MR) is 69.3 cm³/mol. The highest BCUT2D eigenvalue weighted by Crippen LogP contribution is 2.44. The van der Waals surface area contributed by atoms with E-state index in [0.717, 1.165) is 25.7 Å². The van der Waals surface area contributed by atoms with Gasteiger partial charge < -0.3 is 14.7 Å². The van der Waals surface area contributed by atoms with Gasteiger partial charge in [-0.2, -0.15) is 0 Å². The largest absolute Gasteiger partial charge is 0.444 e. The molecule has 1 aliphatic carbocycles. The van der Waals surface area contributed by atoms with E-state index in [4.69, 9.17) is 4.74 Å². The van der Waals surface area contributed by atoms with Gasteiger partial charge in [-0.15, -0.1) is 0 Å². The molecule has 0 radical (unpaired) electrons. The maximum absolute atomic E-state index is 12.0. The number of nitrogens with zero attached hydrogens (tertiary/aromatic N) is 1. The Hall–Kier alpha value is -0.770. The summed E-state index contributed by atoms with van der Waals surface area (Å²) < 4.78 is 5.40. The summed E-state index contributed by atoms with van der Waals surface area (Å²) >= 11 is 0. The van der Waals surface area contributed by atoms with Crippen LogP contribution in [0.2, 0.25) is 0 Å². The Balaban J connectivity index is 1.97. The van der Waals surface area contributed by atoms with Gasteiger partial charge in [-0.3, -0.25) is 0 Å². The number of carbonyl (C=O) groups is 1. The Morgan fingerprint density at radius 3 is 2.67 bits per heavy atom. The smallest absolute Gasteiger partial charge is 0.410 e. The van der Waals surface area contributed by atoms with Crippen LogP contribution < -0.4 is 0 Å². The number of rotatable bonds is 0. The van der Waals surface area contributed by atoms with E-state index >= 15 is 0 Å². The van der Waals surface area contributed by atoms with Crippen LogP contribution in [0, 0.1) is 5.41 Å². The van der Waals surface area contributed by atoms with Crippen molar-refractivity contribution in [2.24, 2.45) is 5.41 Å². The molecule has 1 spiro atoms. The van der Waals surface area contributed by atoms with E-state index in [2.05, 4.69) is 0 Å². The first-order valence-electron chi connectivity index (χ1n) is 6.98. The van der Waals surface area contributed by atoms with Crippen molar-refractivity contribution >= 4 is 6.09 Å². The molecule has 0 aromatic rings. The molecule has 1 saturated carbocycles. The standard InChI is InChI=1S/C14H25NO3/c1-13(2,3)18-12(17)15-9-8-14(10-15)7-5-4-6-11(14)16/h11,16H,4-10H2,1-3H3/t11-,14-/m0/s1. The van der Waals surface area contributed by atoms with E-state index in [9.17, 15) is 9.90 Å². The molecular formula is C14H25NO3. The number of hydrogen-bond donors (Lipinski definition) is 1. The highest BCUT2D eigenvalue weighted by molar-refractivity contribution is 5.68. The normalized spacial score (nSPS) is 32.9. The minimum Gasteiger partial charge on any atom is -0.444 e. The summed E-state index contributed by atoms with van der Waals surface area (Å²) in [4.78, 5) is 13.8. The fourth-order valence-corrected chi connectivity index (χ4v) is 3.14. The van der Waals surface area contributed by atoms with Gasteiger partial charge in [0.15, 0.2) is 0 Å². The van der Waals surface area contributed by atoms with Crippen LogP contribution in [0.15, 0.2) is 0 Å². The zero-order chi connectivity index (χ0) is 13.4. The fourth-order valence-electron chi connectivity index (χ4n) is 3.14. The average Bonchev–Trinajstić information content (AvgIpc) is 2.66. The van der Waals surface area contributed by atoms with Gasteiger partial charge >= 0.3 is 6.09 Å². The molecule has 0 unspecified atom stereocenters. The Morgan fingerprint density at radius 2 is 2.06 bits per heavy atom. The van der Waals surface area contributed by atoms with E-state index in [1.165, 1.54) is 6.42 Å². The van der Waals surface area contributed by atoms with Crippen molar-refractivity contribution in [3.05, 3.63) is 0 Å². The predicted octanol–water partition coefficient (Wildman–Crippen LogP) is 2.55. The molecule has 0 aromatic carbocycles. The number of aliphatic hydroxyl groups excluding tert-OH is 1. The second kappa shape index (κ2) is 4.72. The first-order chi connectivity index (χ1) is 8.32. The lowest BCUT2D eigenvalue weighted by Gasteiger charge is -2.38. The van der Waals surface area contributed by atoms with Gasteiger partial charge in [0.1, 0.15) is 5.60 Å². The Morgan fingerprint density at radius 1 is 1.33 bits per heavy atom. The maximum Gasteiger partial charge on any atom is 0.410 e. The summed E-state index contributed by atoms with van der Waals surface area (Å²) in [6.45, 7) is 7.01. The minimum absolute atomic E-state index is 0.0604. The van der Waals surface area contributed by atoms with Crippen molar-refractivity contribution in [3.8, 4) is 0 Å². The molecule has 1 N–H and O–H groups in total. The summed E-state index contributed by atoms with van der Waals surface area (Å²) in [5, 5.41) is 10.2. The molecule has 2 rings (SSSR count). The molecule has 4 nitrogen and oxygen atoms in total. The van der Waals surface area contributed by atoms with Crippen LogP contribution in [0.3, 0.4) is 0 Å². The average molecular weight is 255 g/mol. The first-order valence-corrected chi connectivity index (χ1v) is 6.98. The molecule has 104 valence electrons.